The Bertz CT molecular complexity index is 637. The summed E-state index contributed by atoms with van der Waals surface area (Å²) in [7, 11) is 1.76. The molecule has 0 aromatic heterocycles. The van der Waals surface area contributed by atoms with Gasteiger partial charge >= 0.3 is 0 Å². The second-order valence-electron chi connectivity index (χ2n) is 5.06. The van der Waals surface area contributed by atoms with E-state index in [0.29, 0.717) is 0 Å². The van der Waals surface area contributed by atoms with Gasteiger partial charge in [-0.05, 0) is 17.2 Å². The monoisotopic (exact) mass is 279 g/mol. The lowest BCUT2D eigenvalue weighted by Gasteiger charge is -2.10. The van der Waals surface area contributed by atoms with Gasteiger partial charge in [-0.25, -0.2) is 0 Å². The fraction of sp³-hybridized carbons (Fsp3) is 0.167. The quantitative estimate of drug-likeness (QED) is 0.805. The summed E-state index contributed by atoms with van der Waals surface area (Å²) in [4.78, 5) is 13.8. The van der Waals surface area contributed by atoms with Crippen LogP contribution in [0.15, 0.2) is 66.9 Å². The number of hydrogen-bond acceptors (Lipinski definition) is 2. The van der Waals surface area contributed by atoms with E-state index >= 15 is 0 Å². The van der Waals surface area contributed by atoms with Gasteiger partial charge in [0, 0.05) is 13.2 Å². The Morgan fingerprint density at radius 1 is 1.05 bits per heavy atom. The summed E-state index contributed by atoms with van der Waals surface area (Å²) in [5, 5.41) is 0. The molecular weight excluding hydrogens is 262 g/mol. The third-order valence-corrected chi connectivity index (χ3v) is 3.50. The van der Waals surface area contributed by atoms with E-state index in [-0.39, 0.29) is 18.1 Å². The Balaban J connectivity index is 1.60. The molecule has 0 spiro atoms. The van der Waals surface area contributed by atoms with Gasteiger partial charge in [0.2, 0.25) is 0 Å². The molecule has 1 saturated heterocycles. The van der Waals surface area contributed by atoms with Crippen molar-refractivity contribution in [1.82, 2.24) is 4.90 Å². The molecule has 1 aliphatic rings. The zero-order chi connectivity index (χ0) is 14.7. The maximum atomic E-state index is 12.3. The lowest BCUT2D eigenvalue weighted by Crippen LogP contribution is -2.26. The van der Waals surface area contributed by atoms with E-state index < -0.39 is 0 Å². The number of ether oxygens (including phenoxy) is 1. The second-order valence-corrected chi connectivity index (χ2v) is 5.06. The van der Waals surface area contributed by atoms with Crippen molar-refractivity contribution in [1.29, 1.82) is 0 Å². The molecule has 0 radical (unpaired) electrons. The van der Waals surface area contributed by atoms with Gasteiger partial charge in [-0.2, -0.15) is 0 Å². The summed E-state index contributed by atoms with van der Waals surface area (Å²) >= 11 is 0. The Hall–Kier alpha value is -2.39. The normalized spacial score (nSPS) is 20.4. The number of nitrogens with zero attached hydrogens (tertiary/aromatic N) is 1. The molecule has 3 heteroatoms. The van der Waals surface area contributed by atoms with Crippen LogP contribution in [0.4, 0.5) is 0 Å². The molecule has 106 valence electrons. The van der Waals surface area contributed by atoms with Crippen LogP contribution < -0.4 is 0 Å². The standard InChI is InChI=1S/C18H17NO2/c1-19(13-12-14-8-4-2-5-9-14)18(20)17-16(21-17)15-10-6-3-7-11-15/h2-13,16-17H,1H3/t16-,17+/m0/s1. The molecule has 0 unspecified atom stereocenters. The highest BCUT2D eigenvalue weighted by Gasteiger charge is 2.46. The van der Waals surface area contributed by atoms with E-state index in [2.05, 4.69) is 0 Å². The topological polar surface area (TPSA) is 32.8 Å². The van der Waals surface area contributed by atoms with Gasteiger partial charge in [-0.1, -0.05) is 60.7 Å². The lowest BCUT2D eigenvalue weighted by molar-refractivity contribution is -0.128. The van der Waals surface area contributed by atoms with E-state index in [1.807, 2.05) is 66.7 Å². The van der Waals surface area contributed by atoms with Crippen molar-refractivity contribution in [2.45, 2.75) is 12.2 Å². The van der Waals surface area contributed by atoms with E-state index in [9.17, 15) is 4.79 Å². The maximum absolute atomic E-state index is 12.3. The molecule has 0 bridgehead atoms. The minimum absolute atomic E-state index is 0.0176. The zero-order valence-corrected chi connectivity index (χ0v) is 11.8. The molecular formula is C18H17NO2. The van der Waals surface area contributed by atoms with Crippen molar-refractivity contribution in [3.05, 3.63) is 78.0 Å². The number of benzene rings is 2. The van der Waals surface area contributed by atoms with Gasteiger partial charge in [0.05, 0.1) is 0 Å². The fourth-order valence-corrected chi connectivity index (χ4v) is 2.23. The largest absolute Gasteiger partial charge is 0.354 e. The number of carbonyl (C=O) groups is 1. The molecule has 0 saturated carbocycles. The number of epoxide rings is 1. The van der Waals surface area contributed by atoms with Crippen molar-refractivity contribution < 1.29 is 9.53 Å². The molecule has 1 amide bonds. The molecule has 2 aromatic carbocycles. The van der Waals surface area contributed by atoms with Gasteiger partial charge < -0.3 is 9.64 Å². The van der Waals surface area contributed by atoms with E-state index in [1.54, 1.807) is 18.1 Å². The molecule has 3 rings (SSSR count). The summed E-state index contributed by atoms with van der Waals surface area (Å²) in [6.07, 6.45) is 3.23. The predicted octanol–water partition coefficient (Wildman–Crippen LogP) is 3.26. The molecule has 1 fully saturated rings. The highest BCUT2D eigenvalue weighted by Crippen LogP contribution is 2.39. The molecule has 3 nitrogen and oxygen atoms in total. The minimum Gasteiger partial charge on any atom is -0.354 e. The highest BCUT2D eigenvalue weighted by molar-refractivity contribution is 5.85. The third-order valence-electron chi connectivity index (χ3n) is 3.50. The van der Waals surface area contributed by atoms with Gasteiger partial charge in [0.25, 0.3) is 5.91 Å². The molecule has 0 aliphatic carbocycles. The lowest BCUT2D eigenvalue weighted by atomic mass is 10.1. The van der Waals surface area contributed by atoms with Crippen LogP contribution in [0.1, 0.15) is 17.2 Å². The Labute approximate surface area is 124 Å². The van der Waals surface area contributed by atoms with Crippen LogP contribution in [0.25, 0.3) is 6.08 Å². The van der Waals surface area contributed by atoms with Crippen molar-refractivity contribution in [3.63, 3.8) is 0 Å². The molecule has 21 heavy (non-hydrogen) atoms. The van der Waals surface area contributed by atoms with Gasteiger partial charge in [-0.3, -0.25) is 4.79 Å². The first-order valence-electron chi connectivity index (χ1n) is 6.96. The summed E-state index contributed by atoms with van der Waals surface area (Å²) in [5.41, 5.74) is 2.12. The average Bonchev–Trinajstić information content (AvgIpc) is 3.34. The van der Waals surface area contributed by atoms with E-state index in [4.69, 9.17) is 4.74 Å². The number of carbonyl (C=O) groups excluding carboxylic acids is 1. The SMILES string of the molecule is CN(C=Cc1ccccc1)C(=O)[C@@H]1O[C@H]1c1ccccc1. The molecule has 1 heterocycles. The summed E-state index contributed by atoms with van der Waals surface area (Å²) in [5.74, 6) is -0.0176. The van der Waals surface area contributed by atoms with Crippen molar-refractivity contribution in [2.75, 3.05) is 7.05 Å². The van der Waals surface area contributed by atoms with Crippen LogP contribution in [-0.4, -0.2) is 24.0 Å². The number of likely N-dealkylation sites (N-methyl/N-ethyl adjacent to an activating group) is 1. The number of rotatable bonds is 4. The highest BCUT2D eigenvalue weighted by atomic mass is 16.6. The smallest absolute Gasteiger partial charge is 0.258 e. The van der Waals surface area contributed by atoms with Crippen molar-refractivity contribution in [3.8, 4) is 0 Å². The number of amides is 1. The van der Waals surface area contributed by atoms with Gasteiger partial charge in [0.1, 0.15) is 6.10 Å². The van der Waals surface area contributed by atoms with Crippen LogP contribution in [0.5, 0.6) is 0 Å². The van der Waals surface area contributed by atoms with E-state index in [1.165, 1.54) is 0 Å². The van der Waals surface area contributed by atoms with E-state index in [0.717, 1.165) is 11.1 Å². The first-order chi connectivity index (χ1) is 10.3. The second kappa shape index (κ2) is 5.94. The third kappa shape index (κ3) is 3.20. The van der Waals surface area contributed by atoms with Crippen molar-refractivity contribution >= 4 is 12.0 Å². The van der Waals surface area contributed by atoms with Crippen LogP contribution in [0, 0.1) is 0 Å². The van der Waals surface area contributed by atoms with Crippen LogP contribution in [0.2, 0.25) is 0 Å². The molecule has 1 aliphatic heterocycles. The predicted molar refractivity (Wildman–Crippen MR) is 82.3 cm³/mol. The van der Waals surface area contributed by atoms with Gasteiger partial charge in [-0.15, -0.1) is 0 Å². The summed E-state index contributed by atoms with van der Waals surface area (Å²) in [6, 6.07) is 19.7. The first kappa shape index (κ1) is 13.6. The maximum Gasteiger partial charge on any atom is 0.258 e. The Morgan fingerprint density at radius 3 is 2.33 bits per heavy atom. The summed E-state index contributed by atoms with van der Waals surface area (Å²) < 4.78 is 5.51. The zero-order valence-electron chi connectivity index (χ0n) is 11.8. The minimum atomic E-state index is -0.363. The Kier molecular flexibility index (Phi) is 3.84. The fourth-order valence-electron chi connectivity index (χ4n) is 2.23. The Morgan fingerprint density at radius 2 is 1.67 bits per heavy atom. The van der Waals surface area contributed by atoms with Crippen LogP contribution >= 0.6 is 0 Å². The summed E-state index contributed by atoms with van der Waals surface area (Å²) in [6.45, 7) is 0. The van der Waals surface area contributed by atoms with Crippen LogP contribution in [-0.2, 0) is 9.53 Å². The van der Waals surface area contributed by atoms with Crippen LogP contribution in [0.3, 0.4) is 0 Å². The van der Waals surface area contributed by atoms with Gasteiger partial charge in [0.15, 0.2) is 6.10 Å². The molecule has 2 aromatic rings. The average molecular weight is 279 g/mol. The number of hydrogen-bond donors (Lipinski definition) is 0. The molecule has 2 atom stereocenters. The van der Waals surface area contributed by atoms with Crippen molar-refractivity contribution in [2.24, 2.45) is 0 Å². The first-order valence-corrected chi connectivity index (χ1v) is 6.96. The molecule has 0 N–H and O–H groups in total.